The van der Waals surface area contributed by atoms with Gasteiger partial charge in [0.15, 0.2) is 0 Å². The first-order chi connectivity index (χ1) is 9.41. The van der Waals surface area contributed by atoms with Crippen LogP contribution in [0.15, 0.2) is 18.2 Å². The monoisotopic (exact) mass is 310 g/mol. The van der Waals surface area contributed by atoms with E-state index in [-0.39, 0.29) is 5.82 Å². The average molecular weight is 310 g/mol. The lowest BCUT2D eigenvalue weighted by Gasteiger charge is -2.32. The molecule has 1 aromatic rings. The standard InChI is InChI=1S/C15H24BFO3Si/c1-14(2)15(3,4)20-16(19-14)12-10-11(17)8-9-13(12)18-21(5,6)7/h8-10H,1-7H3. The fourth-order valence-electron chi connectivity index (χ4n) is 2.10. The van der Waals surface area contributed by atoms with E-state index >= 15 is 0 Å². The highest BCUT2D eigenvalue weighted by Crippen LogP contribution is 2.37. The molecule has 21 heavy (non-hydrogen) atoms. The minimum Gasteiger partial charge on any atom is -0.545 e. The van der Waals surface area contributed by atoms with Crippen LogP contribution in [-0.4, -0.2) is 26.6 Å². The molecular formula is C15H24BFO3Si. The maximum Gasteiger partial charge on any atom is 0.498 e. The van der Waals surface area contributed by atoms with Gasteiger partial charge in [-0.15, -0.1) is 0 Å². The highest BCUT2D eigenvalue weighted by molar-refractivity contribution is 6.71. The molecule has 1 saturated heterocycles. The molecule has 0 spiro atoms. The van der Waals surface area contributed by atoms with Gasteiger partial charge in [0.05, 0.1) is 11.2 Å². The third-order valence-electron chi connectivity index (χ3n) is 3.90. The minimum atomic E-state index is -1.80. The summed E-state index contributed by atoms with van der Waals surface area (Å²) in [6.45, 7) is 14.2. The van der Waals surface area contributed by atoms with Gasteiger partial charge < -0.3 is 13.7 Å². The zero-order valence-corrected chi connectivity index (χ0v) is 14.9. The molecule has 0 aromatic heterocycles. The van der Waals surface area contributed by atoms with Crippen molar-refractivity contribution in [3.8, 4) is 5.75 Å². The van der Waals surface area contributed by atoms with Crippen molar-refractivity contribution >= 4 is 20.9 Å². The van der Waals surface area contributed by atoms with Gasteiger partial charge in [-0.05, 0) is 65.5 Å². The van der Waals surface area contributed by atoms with Crippen molar-refractivity contribution in [1.82, 2.24) is 0 Å². The minimum absolute atomic E-state index is 0.317. The third-order valence-corrected chi connectivity index (χ3v) is 4.73. The molecule has 1 fully saturated rings. The Kier molecular flexibility index (Phi) is 4.02. The van der Waals surface area contributed by atoms with Crippen molar-refractivity contribution in [3.63, 3.8) is 0 Å². The van der Waals surface area contributed by atoms with Gasteiger partial charge in [0.2, 0.25) is 8.32 Å². The molecule has 0 N–H and O–H groups in total. The summed E-state index contributed by atoms with van der Waals surface area (Å²) in [6.07, 6.45) is 0. The molecule has 2 rings (SSSR count). The molecule has 0 aliphatic carbocycles. The lowest BCUT2D eigenvalue weighted by molar-refractivity contribution is 0.00578. The molecule has 0 unspecified atom stereocenters. The van der Waals surface area contributed by atoms with Gasteiger partial charge in [-0.2, -0.15) is 0 Å². The number of hydrogen-bond donors (Lipinski definition) is 0. The Balaban J connectivity index is 2.38. The smallest absolute Gasteiger partial charge is 0.498 e. The number of halogens is 1. The zero-order valence-electron chi connectivity index (χ0n) is 13.9. The van der Waals surface area contributed by atoms with E-state index in [0.29, 0.717) is 11.2 Å². The van der Waals surface area contributed by atoms with Gasteiger partial charge in [0.25, 0.3) is 0 Å². The lowest BCUT2D eigenvalue weighted by Crippen LogP contribution is -2.41. The lowest BCUT2D eigenvalue weighted by atomic mass is 9.78. The summed E-state index contributed by atoms with van der Waals surface area (Å²) in [5, 5.41) is 0. The van der Waals surface area contributed by atoms with Crippen LogP contribution in [0.3, 0.4) is 0 Å². The van der Waals surface area contributed by atoms with Crippen LogP contribution in [0.25, 0.3) is 0 Å². The van der Waals surface area contributed by atoms with Gasteiger partial charge in [-0.1, -0.05) is 0 Å². The van der Waals surface area contributed by atoms with Crippen LogP contribution in [0, 0.1) is 5.82 Å². The second-order valence-electron chi connectivity index (χ2n) is 7.48. The van der Waals surface area contributed by atoms with Crippen molar-refractivity contribution in [2.45, 2.75) is 58.5 Å². The largest absolute Gasteiger partial charge is 0.545 e. The topological polar surface area (TPSA) is 27.7 Å². The van der Waals surface area contributed by atoms with E-state index in [1.54, 1.807) is 6.07 Å². The highest BCUT2D eigenvalue weighted by atomic mass is 28.4. The first kappa shape index (κ1) is 16.5. The van der Waals surface area contributed by atoms with Crippen LogP contribution in [-0.2, 0) is 9.31 Å². The summed E-state index contributed by atoms with van der Waals surface area (Å²) in [7, 11) is -2.42. The quantitative estimate of drug-likeness (QED) is 0.802. The fraction of sp³-hybridized carbons (Fsp3) is 0.600. The molecule has 1 aliphatic heterocycles. The fourth-order valence-corrected chi connectivity index (χ4v) is 2.94. The number of hydrogen-bond acceptors (Lipinski definition) is 3. The van der Waals surface area contributed by atoms with Gasteiger partial charge in [-0.3, -0.25) is 0 Å². The predicted octanol–water partition coefficient (Wildman–Crippen LogP) is 3.34. The van der Waals surface area contributed by atoms with Crippen LogP contribution in [0.1, 0.15) is 27.7 Å². The van der Waals surface area contributed by atoms with Crippen LogP contribution >= 0.6 is 0 Å². The summed E-state index contributed by atoms with van der Waals surface area (Å²) < 4.78 is 31.7. The van der Waals surface area contributed by atoms with Crippen molar-refractivity contribution in [2.75, 3.05) is 0 Å². The second kappa shape index (κ2) is 5.11. The van der Waals surface area contributed by atoms with Crippen LogP contribution in [0.2, 0.25) is 19.6 Å². The number of rotatable bonds is 3. The van der Waals surface area contributed by atoms with E-state index in [0.717, 1.165) is 0 Å². The van der Waals surface area contributed by atoms with Gasteiger partial charge >= 0.3 is 7.12 Å². The van der Waals surface area contributed by atoms with Gasteiger partial charge in [0, 0.05) is 5.46 Å². The Hall–Kier alpha value is -0.848. The summed E-state index contributed by atoms with van der Waals surface area (Å²) in [5.41, 5.74) is -0.294. The van der Waals surface area contributed by atoms with Crippen LogP contribution in [0.5, 0.6) is 5.75 Å². The van der Waals surface area contributed by atoms with Crippen molar-refractivity contribution in [1.29, 1.82) is 0 Å². The molecule has 6 heteroatoms. The van der Waals surface area contributed by atoms with Crippen LogP contribution < -0.4 is 9.89 Å². The number of benzene rings is 1. The maximum atomic E-state index is 13.7. The first-order valence-corrected chi connectivity index (χ1v) is 10.7. The maximum absolute atomic E-state index is 13.7. The summed E-state index contributed by atoms with van der Waals surface area (Å²) >= 11 is 0. The van der Waals surface area contributed by atoms with E-state index in [2.05, 4.69) is 19.6 Å². The van der Waals surface area contributed by atoms with Gasteiger partial charge in [-0.25, -0.2) is 4.39 Å². The molecule has 116 valence electrons. The molecule has 3 nitrogen and oxygen atoms in total. The molecule has 1 aromatic carbocycles. The Morgan fingerprint density at radius 3 is 2.05 bits per heavy atom. The predicted molar refractivity (Wildman–Crippen MR) is 86.1 cm³/mol. The summed E-state index contributed by atoms with van der Waals surface area (Å²) in [6, 6.07) is 4.51. The zero-order chi connectivity index (χ0) is 16.1. The van der Waals surface area contributed by atoms with E-state index in [4.69, 9.17) is 13.7 Å². The molecule has 0 radical (unpaired) electrons. The van der Waals surface area contributed by atoms with E-state index in [9.17, 15) is 4.39 Å². The highest BCUT2D eigenvalue weighted by Gasteiger charge is 2.52. The third kappa shape index (κ3) is 3.49. The summed E-state index contributed by atoms with van der Waals surface area (Å²) in [4.78, 5) is 0. The van der Waals surface area contributed by atoms with E-state index in [1.807, 2.05) is 27.7 Å². The Labute approximate surface area is 128 Å². The Bertz CT molecular complexity index is 524. The molecule has 0 atom stereocenters. The van der Waals surface area contributed by atoms with Gasteiger partial charge in [0.1, 0.15) is 11.6 Å². The van der Waals surface area contributed by atoms with E-state index < -0.39 is 26.6 Å². The Morgan fingerprint density at radius 2 is 1.57 bits per heavy atom. The Morgan fingerprint density at radius 1 is 1.05 bits per heavy atom. The molecule has 1 heterocycles. The molecule has 0 amide bonds. The van der Waals surface area contributed by atoms with Crippen LogP contribution in [0.4, 0.5) is 4.39 Å². The normalized spacial score (nSPS) is 20.7. The van der Waals surface area contributed by atoms with Crippen molar-refractivity contribution < 1.29 is 18.1 Å². The molecule has 0 saturated carbocycles. The second-order valence-corrected chi connectivity index (χ2v) is 11.9. The molecule has 1 aliphatic rings. The molecule has 0 bridgehead atoms. The van der Waals surface area contributed by atoms with Crippen molar-refractivity contribution in [3.05, 3.63) is 24.0 Å². The summed E-state index contributed by atoms with van der Waals surface area (Å²) in [5.74, 6) is 0.330. The van der Waals surface area contributed by atoms with E-state index in [1.165, 1.54) is 12.1 Å². The average Bonchev–Trinajstić information content (AvgIpc) is 2.49. The van der Waals surface area contributed by atoms with Crippen molar-refractivity contribution in [2.24, 2.45) is 0 Å². The first-order valence-electron chi connectivity index (χ1n) is 7.25. The molecular weight excluding hydrogens is 286 g/mol. The SMILES string of the molecule is CC1(C)OB(c2cc(F)ccc2O[Si](C)(C)C)OC1(C)C.